The quantitative estimate of drug-likeness (QED) is 0.0617. The number of Topliss-reactive ketones (excluding diaryl/α,β-unsaturated/α-hetero) is 2. The number of carbonyl (C=O) groups is 2. The molecule has 394 valence electrons. The normalized spacial score (nSPS) is 16.5. The van der Waals surface area contributed by atoms with Gasteiger partial charge in [0, 0.05) is 51.6 Å². The van der Waals surface area contributed by atoms with E-state index >= 15 is 0 Å². The summed E-state index contributed by atoms with van der Waals surface area (Å²) in [7, 11) is -3.33. The highest BCUT2D eigenvalue weighted by Crippen LogP contribution is 2.47. The first-order valence-electron chi connectivity index (χ1n) is 25.8. The molecule has 9 rings (SSSR count). The van der Waals surface area contributed by atoms with Crippen LogP contribution in [0, 0.1) is 13.8 Å². The fourth-order valence-electron chi connectivity index (χ4n) is 11.0. The number of rotatable bonds is 10. The summed E-state index contributed by atoms with van der Waals surface area (Å²) in [4.78, 5) is 26.9. The summed E-state index contributed by atoms with van der Waals surface area (Å²) in [6.07, 6.45) is 17.9. The van der Waals surface area contributed by atoms with Gasteiger partial charge >= 0.3 is 5.71 Å². The summed E-state index contributed by atoms with van der Waals surface area (Å²) in [5.74, 6) is 2.33. The van der Waals surface area contributed by atoms with Crippen molar-refractivity contribution >= 4 is 47.9 Å². The van der Waals surface area contributed by atoms with Gasteiger partial charge in [0.2, 0.25) is 0 Å². The number of carbonyl (C=O) groups excluding carboxylic acids is 2. The second kappa shape index (κ2) is 23.6. The minimum atomic E-state index is -3.52. The van der Waals surface area contributed by atoms with Crippen molar-refractivity contribution in [3.8, 4) is 11.5 Å². The minimum Gasteiger partial charge on any atom is -0.496 e. The molecule has 0 heterocycles. The van der Waals surface area contributed by atoms with E-state index < -0.39 is 30.2 Å². The predicted octanol–water partition coefficient (Wildman–Crippen LogP) is 13.1. The molecule has 0 aromatic heterocycles. The van der Waals surface area contributed by atoms with E-state index in [1.54, 1.807) is 52.1 Å². The largest absolute Gasteiger partial charge is 0.496 e. The van der Waals surface area contributed by atoms with Gasteiger partial charge in [0.15, 0.2) is 25.5 Å². The van der Waals surface area contributed by atoms with Gasteiger partial charge in [0.1, 0.15) is 11.5 Å². The summed E-state index contributed by atoms with van der Waals surface area (Å²) in [6, 6.07) is 29.1. The van der Waals surface area contributed by atoms with Crippen LogP contribution < -0.4 is 9.47 Å². The van der Waals surface area contributed by atoms with E-state index in [1.807, 2.05) is 7.11 Å². The summed E-state index contributed by atoms with van der Waals surface area (Å²) in [6.45, 7) is 13.1. The fraction of sp³-hybridized carbons (Fsp3) is 0.371. The standard InChI is InChI=1S/C36H46O3.C15H16O3S.C11H8N2O3S/c1-24-19-28(23-37)32(26-13-7-5-8-14-26)21-30(24)36(29-17-11-12-18-34(29)38-3)31-22-33(27-15-9-6-10-16-27)35(39-4)20-25(31)2;1-10-9-13(19(17,18)15(2,3)4)11-7-5-6-8-12(11)14(10)16;1-17(15,16)10-4-2-3-8-7(10)5-6-9(13-12)11(8)14/h11-12,17-22,26-27,36-37H,5-10,13-16,23H2,1-4H3;5-9H,1H2,2-4H3;2-6H,1H3. The molecule has 0 saturated heterocycles. The number of aliphatic hydroxyl groups is 1. The number of aliphatic hydroxyl groups excluding tert-OH is 1. The molecular formula is C62H70N2O9S2. The molecule has 0 bridgehead atoms. The van der Waals surface area contributed by atoms with E-state index in [0.29, 0.717) is 28.5 Å². The van der Waals surface area contributed by atoms with Crippen molar-refractivity contribution < 1.29 is 45.8 Å². The average molecular weight is 1050 g/mol. The zero-order chi connectivity index (χ0) is 54.4. The topological polar surface area (TPSA) is 178 Å². The molecule has 0 radical (unpaired) electrons. The number of ketones is 2. The average Bonchev–Trinajstić information content (AvgIpc) is 3.41. The lowest BCUT2D eigenvalue weighted by atomic mass is 9.75. The Morgan fingerprint density at radius 1 is 0.680 bits per heavy atom. The lowest BCUT2D eigenvalue weighted by Gasteiger charge is -2.30. The molecule has 1 N–H and O–H groups in total. The molecule has 5 aromatic rings. The number of sulfone groups is 2. The van der Waals surface area contributed by atoms with Gasteiger partial charge in [-0.1, -0.05) is 118 Å². The maximum Gasteiger partial charge on any atom is 0.362 e. The van der Waals surface area contributed by atoms with Crippen molar-refractivity contribution in [2.24, 2.45) is 0 Å². The number of fused-ring (bicyclic) bond motifs is 2. The van der Waals surface area contributed by atoms with Crippen LogP contribution in [-0.2, 0) is 26.3 Å². The van der Waals surface area contributed by atoms with Crippen LogP contribution in [0.15, 0.2) is 120 Å². The van der Waals surface area contributed by atoms with Crippen molar-refractivity contribution in [2.75, 3.05) is 20.5 Å². The van der Waals surface area contributed by atoms with Crippen molar-refractivity contribution in [3.63, 3.8) is 0 Å². The predicted molar refractivity (Wildman–Crippen MR) is 299 cm³/mol. The van der Waals surface area contributed by atoms with Crippen molar-refractivity contribution in [2.45, 2.75) is 133 Å². The smallest absolute Gasteiger partial charge is 0.362 e. The number of benzene rings is 5. The number of hydrogen-bond donors (Lipinski definition) is 1. The van der Waals surface area contributed by atoms with Crippen LogP contribution in [0.5, 0.6) is 11.5 Å². The van der Waals surface area contributed by atoms with Gasteiger partial charge < -0.3 is 20.1 Å². The summed E-state index contributed by atoms with van der Waals surface area (Å²) in [5, 5.41) is 10.4. The third-order valence-electron chi connectivity index (χ3n) is 15.1. The van der Waals surface area contributed by atoms with Crippen LogP contribution >= 0.6 is 0 Å². The fourth-order valence-corrected chi connectivity index (χ4v) is 13.3. The van der Waals surface area contributed by atoms with E-state index in [9.17, 15) is 31.5 Å². The molecular weight excluding hydrogens is 981 g/mol. The van der Waals surface area contributed by atoms with Gasteiger partial charge in [-0.05, 0) is 141 Å². The number of allylic oxidation sites excluding steroid dienone is 3. The Morgan fingerprint density at radius 2 is 1.23 bits per heavy atom. The Balaban J connectivity index is 0.000000189. The first-order chi connectivity index (χ1) is 35.7. The molecule has 2 fully saturated rings. The molecule has 5 aromatic carbocycles. The maximum atomic E-state index is 12.6. The van der Waals surface area contributed by atoms with Crippen molar-refractivity contribution in [3.05, 3.63) is 188 Å². The third-order valence-corrected chi connectivity index (χ3v) is 18.8. The Morgan fingerprint density at radius 3 is 1.80 bits per heavy atom. The number of nitrogens with zero attached hydrogens (tertiary/aromatic N) is 2. The van der Waals surface area contributed by atoms with Crippen molar-refractivity contribution in [1.29, 1.82) is 0 Å². The van der Waals surface area contributed by atoms with E-state index in [1.165, 1.54) is 140 Å². The number of aryl methyl sites for hydroxylation is 2. The van der Waals surface area contributed by atoms with Crippen molar-refractivity contribution in [1.82, 2.24) is 0 Å². The van der Waals surface area contributed by atoms with Gasteiger partial charge in [0.05, 0.1) is 35.4 Å². The van der Waals surface area contributed by atoms with Gasteiger partial charge in [0.25, 0.3) is 5.78 Å². The van der Waals surface area contributed by atoms with Crippen LogP contribution in [0.25, 0.3) is 16.5 Å². The van der Waals surface area contributed by atoms with Crippen LogP contribution in [-0.4, -0.2) is 69.2 Å². The number of para-hydroxylation sites is 1. The van der Waals surface area contributed by atoms with E-state index in [2.05, 4.69) is 73.7 Å². The second-order valence-electron chi connectivity index (χ2n) is 21.0. The van der Waals surface area contributed by atoms with Gasteiger partial charge in [-0.3, -0.25) is 9.59 Å². The minimum absolute atomic E-state index is 0.0319. The zero-order valence-corrected chi connectivity index (χ0v) is 46.2. The van der Waals surface area contributed by atoms with Crippen LogP contribution in [0.4, 0.5) is 0 Å². The molecule has 2 saturated carbocycles. The first-order valence-corrected chi connectivity index (χ1v) is 29.2. The van der Waals surface area contributed by atoms with Crippen LogP contribution in [0.2, 0.25) is 0 Å². The summed E-state index contributed by atoms with van der Waals surface area (Å²) >= 11 is 0. The van der Waals surface area contributed by atoms with Crippen LogP contribution in [0.3, 0.4) is 0 Å². The molecule has 0 spiro atoms. The maximum absolute atomic E-state index is 12.6. The van der Waals surface area contributed by atoms with E-state index in [-0.39, 0.29) is 45.0 Å². The number of methoxy groups -OCH3 is 2. The first kappa shape index (κ1) is 56.2. The highest BCUT2D eigenvalue weighted by atomic mass is 32.2. The lowest BCUT2D eigenvalue weighted by molar-refractivity contribution is -0.00436. The number of hydrogen-bond acceptors (Lipinski definition) is 9. The third kappa shape index (κ3) is 12.0. The molecule has 4 aliphatic carbocycles. The van der Waals surface area contributed by atoms with Crippen LogP contribution in [0.1, 0.15) is 179 Å². The second-order valence-corrected chi connectivity index (χ2v) is 25.7. The molecule has 1 atom stereocenters. The van der Waals surface area contributed by atoms with E-state index in [4.69, 9.17) is 15.0 Å². The van der Waals surface area contributed by atoms with Gasteiger partial charge in [-0.25, -0.2) is 16.8 Å². The summed E-state index contributed by atoms with van der Waals surface area (Å²) in [5.41, 5.74) is 20.3. The lowest BCUT2D eigenvalue weighted by Crippen LogP contribution is -2.30. The highest BCUT2D eigenvalue weighted by Gasteiger charge is 2.38. The monoisotopic (exact) mass is 1050 g/mol. The van der Waals surface area contributed by atoms with Gasteiger partial charge in [-0.15, -0.1) is 0 Å². The molecule has 11 nitrogen and oxygen atoms in total. The Bertz CT molecular complexity index is 3290. The Hall–Kier alpha value is -6.50. The van der Waals surface area contributed by atoms with E-state index in [0.717, 1.165) is 23.3 Å². The zero-order valence-electron chi connectivity index (χ0n) is 44.5. The molecule has 0 aliphatic heterocycles. The molecule has 75 heavy (non-hydrogen) atoms. The SMILES string of the molecule is C=C1C=C(S(=O)(=O)C(C)(C)C)c2ccccc2C1=O.COc1cc(C)c(C(c2cc(C3CCCCC3)c(CO)cc2C)c2ccccc2OC)cc1C1CCCCC1.CS(=O)(=O)c1cccc2c1C=CC(=[N+]=[N-])C2=O. The summed E-state index contributed by atoms with van der Waals surface area (Å²) < 4.78 is 59.3. The number of ether oxygens (including phenoxy) is 2. The molecule has 1 unspecified atom stereocenters. The molecule has 0 amide bonds. The highest BCUT2D eigenvalue weighted by molar-refractivity contribution is 8.01. The molecule has 4 aliphatic rings. The molecule has 13 heteroatoms. The Kier molecular flexibility index (Phi) is 17.7. The Labute approximate surface area is 443 Å². The van der Waals surface area contributed by atoms with Gasteiger partial charge in [-0.2, -0.15) is 4.79 Å².